The van der Waals surface area contributed by atoms with Crippen molar-refractivity contribution in [3.63, 3.8) is 0 Å². The largest absolute Gasteiger partial charge is 0.474 e. The zero-order chi connectivity index (χ0) is 21.3. The van der Waals surface area contributed by atoms with Crippen LogP contribution in [0.1, 0.15) is 75.7 Å². The first-order valence-electron chi connectivity index (χ1n) is 10.6. The average molecular weight is 429 g/mol. The van der Waals surface area contributed by atoms with E-state index < -0.39 is 5.60 Å². The van der Waals surface area contributed by atoms with Gasteiger partial charge in [0, 0.05) is 17.3 Å². The third kappa shape index (κ3) is 4.51. The lowest BCUT2D eigenvalue weighted by Crippen LogP contribution is -2.42. The molecule has 1 amide bonds. The summed E-state index contributed by atoms with van der Waals surface area (Å²) in [6.07, 6.45) is 7.19. The molecule has 2 aliphatic carbocycles. The second kappa shape index (κ2) is 8.38. The summed E-state index contributed by atoms with van der Waals surface area (Å²) in [4.78, 5) is 23.2. The molecule has 0 radical (unpaired) electrons. The molecule has 1 fully saturated rings. The number of nitrogens with one attached hydrogen (secondary N) is 1. The topological polar surface area (TPSA) is 97.1 Å². The quantitative estimate of drug-likeness (QED) is 0.748. The minimum atomic E-state index is -0.493. The van der Waals surface area contributed by atoms with Gasteiger partial charge in [0.1, 0.15) is 22.9 Å². The average Bonchev–Trinajstić information content (AvgIpc) is 3.22. The summed E-state index contributed by atoms with van der Waals surface area (Å²) in [7, 11) is 0. The maximum absolute atomic E-state index is 12.0. The van der Waals surface area contributed by atoms with Crippen molar-refractivity contribution in [3.05, 3.63) is 16.8 Å². The number of carbonyl (C=O) groups is 1. The Labute approximate surface area is 180 Å². The van der Waals surface area contributed by atoms with Crippen LogP contribution < -0.4 is 10.1 Å². The molecule has 1 N–H and O–H groups in total. The number of aromatic nitrogens is 2. The summed E-state index contributed by atoms with van der Waals surface area (Å²) in [5.74, 6) is 0.895. The molecule has 1 saturated carbocycles. The number of thiophene rings is 1. The van der Waals surface area contributed by atoms with E-state index in [0.717, 1.165) is 48.7 Å². The fraction of sp³-hybridized carbons (Fsp3) is 0.636. The van der Waals surface area contributed by atoms with Gasteiger partial charge >= 0.3 is 6.09 Å². The summed E-state index contributed by atoms with van der Waals surface area (Å²) in [5, 5.41) is 13.2. The number of alkyl carbamates (subject to hydrolysis) is 1. The molecule has 30 heavy (non-hydrogen) atoms. The molecule has 0 aromatic carbocycles. The Balaban J connectivity index is 1.42. The number of nitrogens with zero attached hydrogens (tertiary/aromatic N) is 3. The number of hydrogen-bond donors (Lipinski definition) is 1. The standard InChI is InChI=1S/C22H28N4O3S/c1-22(2,3)29-21(27)26-14-5-7-15(8-6-14)28-19-18-17-13(10-11-23)4-9-16(17)30-20(18)25-12-24-19/h12-15H,4-10H2,1-3H3,(H,26,27)/t13-,14-,15-/m1/s1. The predicted molar refractivity (Wildman–Crippen MR) is 115 cm³/mol. The molecule has 160 valence electrons. The third-order valence-corrected chi connectivity index (χ3v) is 6.88. The van der Waals surface area contributed by atoms with Crippen LogP contribution in [0.2, 0.25) is 0 Å². The summed E-state index contributed by atoms with van der Waals surface area (Å²) in [6.45, 7) is 5.59. The number of amides is 1. The van der Waals surface area contributed by atoms with Gasteiger partial charge < -0.3 is 14.8 Å². The van der Waals surface area contributed by atoms with Gasteiger partial charge in [0.25, 0.3) is 0 Å². The van der Waals surface area contributed by atoms with E-state index >= 15 is 0 Å². The first-order valence-corrected chi connectivity index (χ1v) is 11.4. The van der Waals surface area contributed by atoms with Crippen LogP contribution in [0.25, 0.3) is 10.2 Å². The molecule has 4 rings (SSSR count). The summed E-state index contributed by atoms with van der Waals surface area (Å²) in [5.41, 5.74) is 0.736. The van der Waals surface area contributed by atoms with Crippen molar-refractivity contribution in [1.29, 1.82) is 5.26 Å². The zero-order valence-corrected chi connectivity index (χ0v) is 18.6. The molecule has 0 bridgehead atoms. The number of aryl methyl sites for hydroxylation is 1. The molecule has 0 aliphatic heterocycles. The highest BCUT2D eigenvalue weighted by atomic mass is 32.1. The van der Waals surface area contributed by atoms with Crippen molar-refractivity contribution in [2.24, 2.45) is 0 Å². The van der Waals surface area contributed by atoms with Crippen LogP contribution >= 0.6 is 11.3 Å². The van der Waals surface area contributed by atoms with E-state index in [-0.39, 0.29) is 24.2 Å². The maximum atomic E-state index is 12.0. The Morgan fingerprint density at radius 3 is 2.73 bits per heavy atom. The number of fused-ring (bicyclic) bond motifs is 3. The Kier molecular flexibility index (Phi) is 5.83. The number of hydrogen-bond acceptors (Lipinski definition) is 7. The van der Waals surface area contributed by atoms with E-state index in [1.807, 2.05) is 20.8 Å². The molecule has 1 atom stereocenters. The van der Waals surface area contributed by atoms with E-state index in [2.05, 4.69) is 21.4 Å². The molecule has 0 spiro atoms. The summed E-state index contributed by atoms with van der Waals surface area (Å²) in [6, 6.07) is 2.43. The van der Waals surface area contributed by atoms with Gasteiger partial charge in [0.2, 0.25) is 5.88 Å². The minimum Gasteiger partial charge on any atom is -0.474 e. The molecule has 2 aromatic rings. The Hall–Kier alpha value is -2.40. The van der Waals surface area contributed by atoms with Gasteiger partial charge in [-0.05, 0) is 70.8 Å². The van der Waals surface area contributed by atoms with Gasteiger partial charge in [-0.1, -0.05) is 0 Å². The number of carbonyl (C=O) groups excluding carboxylic acids is 1. The summed E-state index contributed by atoms with van der Waals surface area (Å²) >= 11 is 1.70. The molecule has 2 aliphatic rings. The molecule has 8 heteroatoms. The van der Waals surface area contributed by atoms with Gasteiger partial charge in [0.05, 0.1) is 11.5 Å². The van der Waals surface area contributed by atoms with Gasteiger partial charge in [-0.25, -0.2) is 14.8 Å². The van der Waals surface area contributed by atoms with E-state index in [9.17, 15) is 10.1 Å². The molecule has 2 aromatic heterocycles. The first-order chi connectivity index (χ1) is 14.3. The molecule has 2 heterocycles. The smallest absolute Gasteiger partial charge is 0.407 e. The van der Waals surface area contributed by atoms with Crippen molar-refractivity contribution in [1.82, 2.24) is 15.3 Å². The normalized spacial score (nSPS) is 23.6. The Morgan fingerprint density at radius 1 is 1.27 bits per heavy atom. The lowest BCUT2D eigenvalue weighted by molar-refractivity contribution is 0.0470. The third-order valence-electron chi connectivity index (χ3n) is 5.71. The lowest BCUT2D eigenvalue weighted by atomic mass is 9.93. The van der Waals surface area contributed by atoms with E-state index in [4.69, 9.17) is 9.47 Å². The van der Waals surface area contributed by atoms with Crippen LogP contribution in [-0.2, 0) is 11.2 Å². The Bertz CT molecular complexity index is 967. The fourth-order valence-electron chi connectivity index (χ4n) is 4.40. The molecule has 0 saturated heterocycles. The first kappa shape index (κ1) is 20.9. The van der Waals surface area contributed by atoms with Gasteiger partial charge in [-0.2, -0.15) is 5.26 Å². The lowest BCUT2D eigenvalue weighted by Gasteiger charge is -2.30. The van der Waals surface area contributed by atoms with Crippen LogP contribution in [0.15, 0.2) is 6.33 Å². The van der Waals surface area contributed by atoms with Crippen molar-refractivity contribution in [2.45, 2.75) is 89.4 Å². The second-order valence-electron chi connectivity index (χ2n) is 9.13. The highest BCUT2D eigenvalue weighted by Crippen LogP contribution is 2.47. The van der Waals surface area contributed by atoms with Gasteiger partial charge in [-0.3, -0.25) is 0 Å². The SMILES string of the molecule is CC(C)(C)OC(=O)N[C@H]1CC[C@H](Oc2ncnc3sc4c(c23)[C@@H](CC#N)CC4)CC1. The number of ether oxygens (including phenoxy) is 2. The Morgan fingerprint density at radius 2 is 2.03 bits per heavy atom. The van der Waals surface area contributed by atoms with Crippen molar-refractivity contribution in [2.75, 3.05) is 0 Å². The van der Waals surface area contributed by atoms with Gasteiger partial charge in [-0.15, -0.1) is 11.3 Å². The predicted octanol–water partition coefficient (Wildman–Crippen LogP) is 4.85. The van der Waals surface area contributed by atoms with Crippen molar-refractivity contribution in [3.8, 4) is 11.9 Å². The van der Waals surface area contributed by atoms with Crippen LogP contribution in [-0.4, -0.2) is 33.8 Å². The minimum absolute atomic E-state index is 0.0613. The zero-order valence-electron chi connectivity index (χ0n) is 17.7. The molecule has 7 nitrogen and oxygen atoms in total. The van der Waals surface area contributed by atoms with E-state index in [1.165, 1.54) is 10.4 Å². The van der Waals surface area contributed by atoms with Crippen molar-refractivity contribution >= 4 is 27.6 Å². The highest BCUT2D eigenvalue weighted by molar-refractivity contribution is 7.19. The van der Waals surface area contributed by atoms with E-state index in [0.29, 0.717) is 12.3 Å². The van der Waals surface area contributed by atoms with Crippen LogP contribution in [0, 0.1) is 11.3 Å². The van der Waals surface area contributed by atoms with Crippen LogP contribution in [0.5, 0.6) is 5.88 Å². The monoisotopic (exact) mass is 428 g/mol. The summed E-state index contributed by atoms with van der Waals surface area (Å²) < 4.78 is 11.7. The highest BCUT2D eigenvalue weighted by Gasteiger charge is 2.31. The maximum Gasteiger partial charge on any atom is 0.407 e. The van der Waals surface area contributed by atoms with E-state index in [1.54, 1.807) is 17.7 Å². The van der Waals surface area contributed by atoms with Gasteiger partial charge in [0.15, 0.2) is 0 Å². The van der Waals surface area contributed by atoms with Crippen LogP contribution in [0.4, 0.5) is 4.79 Å². The molecule has 0 unspecified atom stereocenters. The number of rotatable bonds is 4. The second-order valence-corrected chi connectivity index (χ2v) is 10.2. The molecular weight excluding hydrogens is 400 g/mol. The molecular formula is C22H28N4O3S. The number of nitriles is 1. The van der Waals surface area contributed by atoms with Crippen LogP contribution in [0.3, 0.4) is 0 Å². The van der Waals surface area contributed by atoms with Crippen molar-refractivity contribution < 1.29 is 14.3 Å². The fourth-order valence-corrected chi connectivity index (χ4v) is 5.63.